The van der Waals surface area contributed by atoms with Gasteiger partial charge in [-0.15, -0.1) is 0 Å². The van der Waals surface area contributed by atoms with E-state index in [1.807, 2.05) is 0 Å². The molecular formula is C15H24F3N3O3. The number of benzene rings is 1. The van der Waals surface area contributed by atoms with Crippen LogP contribution in [0.2, 0.25) is 0 Å². The lowest BCUT2D eigenvalue weighted by Crippen LogP contribution is -2.12. The van der Waals surface area contributed by atoms with Crippen molar-refractivity contribution in [1.82, 2.24) is 0 Å². The molecule has 0 fully saturated rings. The first-order valence-corrected chi connectivity index (χ1v) is 7.75. The number of anilines is 1. The lowest BCUT2D eigenvalue weighted by atomic mass is 10.1. The number of nitrogens with one attached hydrogen (secondary N) is 1. The molecule has 0 heterocycles. The Morgan fingerprint density at radius 2 is 1.46 bits per heavy atom. The van der Waals surface area contributed by atoms with Crippen LogP contribution in [0.15, 0.2) is 12.1 Å². The van der Waals surface area contributed by atoms with E-state index < -0.39 is 11.7 Å². The van der Waals surface area contributed by atoms with Gasteiger partial charge in [0.05, 0.1) is 18.8 Å². The van der Waals surface area contributed by atoms with Crippen LogP contribution in [0.1, 0.15) is 31.2 Å². The Kier molecular flexibility index (Phi) is 8.66. The third-order valence-corrected chi connectivity index (χ3v) is 3.22. The molecule has 1 rings (SSSR count). The number of nitrogens with two attached hydrogens (primary N) is 2. The van der Waals surface area contributed by atoms with Crippen LogP contribution in [0.4, 0.5) is 18.9 Å². The summed E-state index contributed by atoms with van der Waals surface area (Å²) in [6.45, 7) is 1.32. The molecule has 138 valence electrons. The van der Waals surface area contributed by atoms with E-state index in [0.717, 1.165) is 18.6 Å². The molecule has 6 nitrogen and oxygen atoms in total. The van der Waals surface area contributed by atoms with Crippen molar-refractivity contribution in [3.05, 3.63) is 17.7 Å². The van der Waals surface area contributed by atoms with Gasteiger partial charge in [-0.3, -0.25) is 10.7 Å². The maximum Gasteiger partial charge on any atom is 0.420 e. The highest BCUT2D eigenvalue weighted by Gasteiger charge is 2.35. The lowest BCUT2D eigenvalue weighted by molar-refractivity contribution is -0.138. The molecule has 0 aliphatic rings. The van der Waals surface area contributed by atoms with Crippen LogP contribution in [-0.2, 0) is 6.18 Å². The minimum absolute atomic E-state index is 0.0800. The minimum Gasteiger partial charge on any atom is -0.493 e. The maximum absolute atomic E-state index is 13.2. The summed E-state index contributed by atoms with van der Waals surface area (Å²) in [5.41, 5.74) is 11.3. The number of halogens is 3. The highest BCUT2D eigenvalue weighted by molar-refractivity contribution is 5.61. The zero-order valence-corrected chi connectivity index (χ0v) is 13.4. The average Bonchev–Trinajstić information content (AvgIpc) is 2.54. The summed E-state index contributed by atoms with van der Waals surface area (Å²) in [4.78, 5) is 0. The Labute approximate surface area is 138 Å². The first kappa shape index (κ1) is 20.3. The average molecular weight is 351 g/mol. The van der Waals surface area contributed by atoms with Gasteiger partial charge in [-0.1, -0.05) is 0 Å². The Morgan fingerprint density at radius 3 is 1.92 bits per heavy atom. The predicted molar refractivity (Wildman–Crippen MR) is 84.4 cm³/mol. The normalized spacial score (nSPS) is 11.4. The van der Waals surface area contributed by atoms with Gasteiger partial charge in [-0.25, -0.2) is 0 Å². The van der Waals surface area contributed by atoms with Gasteiger partial charge >= 0.3 is 6.18 Å². The summed E-state index contributed by atoms with van der Waals surface area (Å²) in [5, 5.41) is 9.08. The number of unbranched alkanes of at least 4 members (excludes halogenated alkanes) is 2. The molecule has 0 saturated carbocycles. The van der Waals surface area contributed by atoms with Crippen LogP contribution in [-0.4, -0.2) is 31.5 Å². The molecule has 6 N–H and O–H groups in total. The van der Waals surface area contributed by atoms with Crippen LogP contribution in [0.5, 0.6) is 11.5 Å². The fourth-order valence-electron chi connectivity index (χ4n) is 1.97. The van der Waals surface area contributed by atoms with Gasteiger partial charge in [0.2, 0.25) is 0 Å². The smallest absolute Gasteiger partial charge is 0.420 e. The van der Waals surface area contributed by atoms with Crippen molar-refractivity contribution in [1.29, 1.82) is 0 Å². The Hall–Kier alpha value is -1.71. The monoisotopic (exact) mass is 351 g/mol. The summed E-state index contributed by atoms with van der Waals surface area (Å²) in [6, 6.07) is 1.89. The molecule has 0 amide bonds. The third-order valence-electron chi connectivity index (χ3n) is 3.22. The molecule has 0 aromatic heterocycles. The van der Waals surface area contributed by atoms with E-state index in [0.29, 0.717) is 32.4 Å². The molecule has 0 spiro atoms. The van der Waals surface area contributed by atoms with Gasteiger partial charge in [-0.05, 0) is 44.8 Å². The van der Waals surface area contributed by atoms with Crippen molar-refractivity contribution in [2.45, 2.75) is 31.9 Å². The molecule has 0 radical (unpaired) electrons. The molecule has 0 bridgehead atoms. The second-order valence-electron chi connectivity index (χ2n) is 5.14. The van der Waals surface area contributed by atoms with Crippen molar-refractivity contribution in [2.75, 3.05) is 31.8 Å². The highest BCUT2D eigenvalue weighted by Crippen LogP contribution is 2.42. The number of rotatable bonds is 11. The topological polar surface area (TPSA) is 103 Å². The van der Waals surface area contributed by atoms with Crippen LogP contribution < -0.4 is 26.4 Å². The quantitative estimate of drug-likeness (QED) is 0.361. The van der Waals surface area contributed by atoms with E-state index in [9.17, 15) is 13.2 Å². The SMILES string of the molecule is NCCCCOc1cc(OCCCCN)c(C(F)(F)F)cc1NO. The molecule has 1 aromatic rings. The van der Waals surface area contributed by atoms with Gasteiger partial charge in [0.1, 0.15) is 17.2 Å². The van der Waals surface area contributed by atoms with Crippen molar-refractivity contribution in [2.24, 2.45) is 11.5 Å². The van der Waals surface area contributed by atoms with Gasteiger partial charge in [0.25, 0.3) is 0 Å². The maximum atomic E-state index is 13.2. The fraction of sp³-hybridized carbons (Fsp3) is 0.600. The highest BCUT2D eigenvalue weighted by atomic mass is 19.4. The number of hydrogen-bond donors (Lipinski definition) is 4. The second-order valence-corrected chi connectivity index (χ2v) is 5.14. The second kappa shape index (κ2) is 10.2. The van der Waals surface area contributed by atoms with Gasteiger partial charge in [0, 0.05) is 6.07 Å². The first-order chi connectivity index (χ1) is 11.4. The lowest BCUT2D eigenvalue weighted by Gasteiger charge is -2.18. The van der Waals surface area contributed by atoms with E-state index in [-0.39, 0.29) is 30.4 Å². The molecule has 0 aliphatic carbocycles. The van der Waals surface area contributed by atoms with Crippen molar-refractivity contribution in [3.8, 4) is 11.5 Å². The van der Waals surface area contributed by atoms with Gasteiger partial charge in [-0.2, -0.15) is 13.2 Å². The van der Waals surface area contributed by atoms with E-state index in [1.54, 1.807) is 5.48 Å². The van der Waals surface area contributed by atoms with Crippen molar-refractivity contribution >= 4 is 5.69 Å². The van der Waals surface area contributed by atoms with E-state index in [1.165, 1.54) is 0 Å². The molecular weight excluding hydrogens is 327 g/mol. The minimum atomic E-state index is -4.62. The van der Waals surface area contributed by atoms with Gasteiger partial charge < -0.3 is 20.9 Å². The van der Waals surface area contributed by atoms with Gasteiger partial charge in [0.15, 0.2) is 0 Å². The Bertz CT molecular complexity index is 499. The molecule has 0 aliphatic heterocycles. The largest absolute Gasteiger partial charge is 0.493 e. The summed E-state index contributed by atoms with van der Waals surface area (Å²) in [6.07, 6.45) is -2.05. The zero-order chi connectivity index (χ0) is 18.0. The predicted octanol–water partition coefficient (Wildman–Crippen LogP) is 2.74. The Morgan fingerprint density at radius 1 is 0.917 bits per heavy atom. The summed E-state index contributed by atoms with van der Waals surface area (Å²) < 4.78 is 50.1. The fourth-order valence-corrected chi connectivity index (χ4v) is 1.97. The molecule has 0 saturated heterocycles. The third kappa shape index (κ3) is 6.42. The Balaban J connectivity index is 2.97. The van der Waals surface area contributed by atoms with Crippen LogP contribution >= 0.6 is 0 Å². The molecule has 0 unspecified atom stereocenters. The van der Waals surface area contributed by atoms with Crippen LogP contribution in [0.25, 0.3) is 0 Å². The number of ether oxygens (including phenoxy) is 2. The van der Waals surface area contributed by atoms with Crippen molar-refractivity contribution < 1.29 is 27.9 Å². The molecule has 0 atom stereocenters. The first-order valence-electron chi connectivity index (χ1n) is 7.75. The van der Waals surface area contributed by atoms with Crippen molar-refractivity contribution in [3.63, 3.8) is 0 Å². The number of hydrogen-bond acceptors (Lipinski definition) is 6. The van der Waals surface area contributed by atoms with Crippen LogP contribution in [0, 0.1) is 0 Å². The number of alkyl halides is 3. The van der Waals surface area contributed by atoms with E-state index in [2.05, 4.69) is 0 Å². The molecule has 24 heavy (non-hydrogen) atoms. The summed E-state index contributed by atoms with van der Waals surface area (Å²) in [5.74, 6) is -0.260. The molecule has 9 heteroatoms. The standard InChI is InChI=1S/C15H24F3N3O3/c16-15(17,18)11-9-12(21-22)14(24-8-4-2-6-20)10-13(11)23-7-3-1-5-19/h9-10,21-22H,1-8,19-20H2. The summed E-state index contributed by atoms with van der Waals surface area (Å²) >= 11 is 0. The van der Waals surface area contributed by atoms with E-state index >= 15 is 0 Å². The molecule has 1 aromatic carbocycles. The van der Waals surface area contributed by atoms with Crippen LogP contribution in [0.3, 0.4) is 0 Å². The van der Waals surface area contributed by atoms with E-state index in [4.69, 9.17) is 26.1 Å². The summed E-state index contributed by atoms with van der Waals surface area (Å²) in [7, 11) is 0. The zero-order valence-electron chi connectivity index (χ0n) is 13.4.